The monoisotopic (exact) mass is 127 g/mol. The fourth-order valence-electron chi connectivity index (χ4n) is 0.643. The fourth-order valence-corrected chi connectivity index (χ4v) is 0.643. The molecule has 0 spiro atoms. The first-order chi connectivity index (χ1) is 4.22. The minimum atomic E-state index is -1.02. The van der Waals surface area contributed by atoms with Crippen molar-refractivity contribution in [1.82, 2.24) is 0 Å². The number of carboxylic acid groups (broad SMARTS) is 1. The smallest absolute Gasteiger partial charge is 0.0482 e. The van der Waals surface area contributed by atoms with Crippen LogP contribution in [0.15, 0.2) is 12.7 Å². The zero-order valence-corrected chi connectivity index (χ0v) is 5.59. The van der Waals surface area contributed by atoms with E-state index in [4.69, 9.17) is 0 Å². The molecule has 0 N–H and O–H groups in total. The van der Waals surface area contributed by atoms with Crippen molar-refractivity contribution in [3.8, 4) is 0 Å². The predicted octanol–water partition coefficient (Wildman–Crippen LogP) is 0.339. The third-order valence-corrected chi connectivity index (χ3v) is 1.19. The second-order valence-electron chi connectivity index (χ2n) is 1.95. The normalized spacial score (nSPS) is 12.6. The Morgan fingerprint density at radius 1 is 1.89 bits per heavy atom. The van der Waals surface area contributed by atoms with Gasteiger partial charge in [0.2, 0.25) is 0 Å². The molecule has 0 aliphatic rings. The standard InChI is InChI=1S/C7H12O2/c1-3-5-6(4-2)7(8)9/h4,6H,2-3,5H2,1H3,(H,8,9)/p-1. The maximum absolute atomic E-state index is 10.1. The molecule has 2 nitrogen and oxygen atoms in total. The van der Waals surface area contributed by atoms with E-state index in [1.165, 1.54) is 6.08 Å². The summed E-state index contributed by atoms with van der Waals surface area (Å²) in [7, 11) is 0. The van der Waals surface area contributed by atoms with E-state index in [0.717, 1.165) is 6.42 Å². The lowest BCUT2D eigenvalue weighted by Gasteiger charge is -2.10. The SMILES string of the molecule is C=CC(CCC)C(=O)[O-]. The number of rotatable bonds is 4. The van der Waals surface area contributed by atoms with Crippen molar-refractivity contribution in [1.29, 1.82) is 0 Å². The molecule has 0 fully saturated rings. The van der Waals surface area contributed by atoms with Crippen molar-refractivity contribution in [3.05, 3.63) is 12.7 Å². The fraction of sp³-hybridized carbons (Fsp3) is 0.571. The Kier molecular flexibility index (Phi) is 3.76. The van der Waals surface area contributed by atoms with Gasteiger partial charge in [0, 0.05) is 11.9 Å². The molecule has 0 heterocycles. The van der Waals surface area contributed by atoms with E-state index < -0.39 is 11.9 Å². The van der Waals surface area contributed by atoms with Gasteiger partial charge in [-0.2, -0.15) is 0 Å². The number of carboxylic acids is 1. The number of carbonyl (C=O) groups is 1. The first-order valence-electron chi connectivity index (χ1n) is 3.05. The van der Waals surface area contributed by atoms with Gasteiger partial charge in [-0.15, -0.1) is 6.58 Å². The van der Waals surface area contributed by atoms with Gasteiger partial charge in [-0.1, -0.05) is 19.4 Å². The molecule has 1 unspecified atom stereocenters. The summed E-state index contributed by atoms with van der Waals surface area (Å²) in [6, 6.07) is 0. The molecule has 2 heteroatoms. The number of hydrogen-bond donors (Lipinski definition) is 0. The Morgan fingerprint density at radius 3 is 2.56 bits per heavy atom. The minimum Gasteiger partial charge on any atom is -0.550 e. The van der Waals surface area contributed by atoms with Crippen LogP contribution in [0.5, 0.6) is 0 Å². The average Bonchev–Trinajstić information content (AvgIpc) is 1.82. The molecule has 0 aromatic carbocycles. The predicted molar refractivity (Wildman–Crippen MR) is 33.6 cm³/mol. The average molecular weight is 127 g/mol. The summed E-state index contributed by atoms with van der Waals surface area (Å²) >= 11 is 0. The van der Waals surface area contributed by atoms with Crippen LogP contribution in [-0.4, -0.2) is 5.97 Å². The Balaban J connectivity index is 3.68. The van der Waals surface area contributed by atoms with E-state index in [2.05, 4.69) is 6.58 Å². The van der Waals surface area contributed by atoms with E-state index in [0.29, 0.717) is 6.42 Å². The summed E-state index contributed by atoms with van der Waals surface area (Å²) in [5.74, 6) is -1.48. The Bertz CT molecular complexity index is 107. The van der Waals surface area contributed by atoms with Crippen LogP contribution in [0.3, 0.4) is 0 Å². The number of carbonyl (C=O) groups excluding carboxylic acids is 1. The van der Waals surface area contributed by atoms with Crippen molar-refractivity contribution in [2.24, 2.45) is 5.92 Å². The van der Waals surface area contributed by atoms with Crippen LogP contribution in [0.25, 0.3) is 0 Å². The van der Waals surface area contributed by atoms with Gasteiger partial charge in [-0.25, -0.2) is 0 Å². The molecule has 0 radical (unpaired) electrons. The van der Waals surface area contributed by atoms with Crippen molar-refractivity contribution >= 4 is 5.97 Å². The molecule has 1 atom stereocenters. The number of hydrogen-bond acceptors (Lipinski definition) is 2. The van der Waals surface area contributed by atoms with Crippen molar-refractivity contribution in [2.75, 3.05) is 0 Å². The zero-order valence-electron chi connectivity index (χ0n) is 5.59. The van der Waals surface area contributed by atoms with E-state index in [1.807, 2.05) is 6.92 Å². The molecule has 0 bridgehead atoms. The molecule has 9 heavy (non-hydrogen) atoms. The van der Waals surface area contributed by atoms with Gasteiger partial charge in [0.15, 0.2) is 0 Å². The van der Waals surface area contributed by atoms with Gasteiger partial charge in [-0.3, -0.25) is 0 Å². The van der Waals surface area contributed by atoms with E-state index in [9.17, 15) is 9.90 Å². The summed E-state index contributed by atoms with van der Waals surface area (Å²) in [6.45, 7) is 5.31. The van der Waals surface area contributed by atoms with Crippen molar-refractivity contribution in [3.63, 3.8) is 0 Å². The molecule has 0 aliphatic carbocycles. The molecular weight excluding hydrogens is 116 g/mol. The van der Waals surface area contributed by atoms with Crippen molar-refractivity contribution < 1.29 is 9.90 Å². The lowest BCUT2D eigenvalue weighted by atomic mass is 10.1. The maximum atomic E-state index is 10.1. The van der Waals surface area contributed by atoms with Crippen LogP contribution in [0.2, 0.25) is 0 Å². The van der Waals surface area contributed by atoms with Crippen LogP contribution in [-0.2, 0) is 4.79 Å². The van der Waals surface area contributed by atoms with Crippen LogP contribution < -0.4 is 5.11 Å². The summed E-state index contributed by atoms with van der Waals surface area (Å²) in [4.78, 5) is 10.1. The molecule has 0 aromatic heterocycles. The van der Waals surface area contributed by atoms with E-state index in [1.54, 1.807) is 0 Å². The van der Waals surface area contributed by atoms with Crippen LogP contribution in [0.4, 0.5) is 0 Å². The molecule has 0 amide bonds. The topological polar surface area (TPSA) is 40.1 Å². The summed E-state index contributed by atoms with van der Waals surface area (Å²) in [6.07, 6.45) is 2.90. The number of aliphatic carboxylic acids is 1. The third-order valence-electron chi connectivity index (χ3n) is 1.19. The third kappa shape index (κ3) is 2.90. The molecule has 0 saturated heterocycles. The highest BCUT2D eigenvalue weighted by Gasteiger charge is 2.00. The summed E-state index contributed by atoms with van der Waals surface area (Å²) < 4.78 is 0. The highest BCUT2D eigenvalue weighted by atomic mass is 16.4. The molecular formula is C7H11O2-. The van der Waals surface area contributed by atoms with Gasteiger partial charge in [0.1, 0.15) is 0 Å². The first-order valence-corrected chi connectivity index (χ1v) is 3.05. The van der Waals surface area contributed by atoms with E-state index in [-0.39, 0.29) is 0 Å². The largest absolute Gasteiger partial charge is 0.550 e. The lowest BCUT2D eigenvalue weighted by Crippen LogP contribution is -2.29. The van der Waals surface area contributed by atoms with Gasteiger partial charge < -0.3 is 9.90 Å². The summed E-state index contributed by atoms with van der Waals surface area (Å²) in [5.41, 5.74) is 0. The molecule has 0 aliphatic heterocycles. The van der Waals surface area contributed by atoms with Gasteiger partial charge in [-0.05, 0) is 6.42 Å². The van der Waals surface area contributed by atoms with Gasteiger partial charge in [0.25, 0.3) is 0 Å². The lowest BCUT2D eigenvalue weighted by molar-refractivity contribution is -0.309. The highest BCUT2D eigenvalue weighted by Crippen LogP contribution is 2.04. The maximum Gasteiger partial charge on any atom is 0.0482 e. The van der Waals surface area contributed by atoms with E-state index >= 15 is 0 Å². The molecule has 0 aromatic rings. The van der Waals surface area contributed by atoms with Crippen LogP contribution in [0, 0.1) is 5.92 Å². The van der Waals surface area contributed by atoms with Gasteiger partial charge >= 0.3 is 0 Å². The minimum absolute atomic E-state index is 0.463. The first kappa shape index (κ1) is 8.21. The molecule has 0 saturated carbocycles. The van der Waals surface area contributed by atoms with Crippen LogP contribution >= 0.6 is 0 Å². The summed E-state index contributed by atoms with van der Waals surface area (Å²) in [5, 5.41) is 10.1. The quantitative estimate of drug-likeness (QED) is 0.511. The Morgan fingerprint density at radius 2 is 2.44 bits per heavy atom. The molecule has 52 valence electrons. The van der Waals surface area contributed by atoms with Crippen LogP contribution in [0.1, 0.15) is 19.8 Å². The van der Waals surface area contributed by atoms with Gasteiger partial charge in [0.05, 0.1) is 0 Å². The second-order valence-corrected chi connectivity index (χ2v) is 1.95. The Hall–Kier alpha value is -0.790. The zero-order chi connectivity index (χ0) is 7.28. The molecule has 0 rings (SSSR count). The Labute approximate surface area is 55.2 Å². The van der Waals surface area contributed by atoms with Crippen molar-refractivity contribution in [2.45, 2.75) is 19.8 Å². The highest BCUT2D eigenvalue weighted by molar-refractivity contribution is 5.69. The second kappa shape index (κ2) is 4.13.